The molecule has 0 atom stereocenters. The number of methoxy groups -OCH3 is 1. The van der Waals surface area contributed by atoms with Crippen molar-refractivity contribution >= 4 is 28.7 Å². The molecule has 0 unspecified atom stereocenters. The summed E-state index contributed by atoms with van der Waals surface area (Å²) in [4.78, 5) is 12.2. The van der Waals surface area contributed by atoms with Gasteiger partial charge in [-0.3, -0.25) is 4.79 Å². The maximum atomic E-state index is 12.2. The Kier molecular flexibility index (Phi) is 6.28. The van der Waals surface area contributed by atoms with Gasteiger partial charge in [0.25, 0.3) is 5.91 Å². The van der Waals surface area contributed by atoms with Crippen LogP contribution in [0.1, 0.15) is 11.1 Å². The van der Waals surface area contributed by atoms with E-state index in [0.29, 0.717) is 5.75 Å². The van der Waals surface area contributed by atoms with E-state index in [2.05, 4.69) is 50.9 Å². The Hall–Kier alpha value is -4.06. The Morgan fingerprint density at radius 2 is 1.74 bits per heavy atom. The summed E-state index contributed by atoms with van der Waals surface area (Å²) in [5, 5.41) is 8.30. The first kappa shape index (κ1) is 20.2. The Bertz CT molecular complexity index is 1200. The predicted molar refractivity (Wildman–Crippen MR) is 125 cm³/mol. The number of nitrogens with one attached hydrogen (secondary N) is 2. The number of hydrogen-bond acceptors (Lipinski definition) is 4. The second kappa shape index (κ2) is 9.63. The number of benzene rings is 3. The van der Waals surface area contributed by atoms with Crippen molar-refractivity contribution in [3.63, 3.8) is 0 Å². The standard InChI is InChI=1S/C25H24N4O2/c1-31-24-14-8-6-12-22(24)26-16-25(30)28-27-15-20-18-29(17-19-9-3-2-4-10-19)23-13-7-5-11-21(20)23/h2-15,18,26H,16-17H2,1H3,(H,28,30)/b27-15+. The minimum atomic E-state index is -0.241. The van der Waals surface area contributed by atoms with E-state index in [1.54, 1.807) is 13.3 Å². The minimum absolute atomic E-state index is 0.0908. The Morgan fingerprint density at radius 1 is 1.00 bits per heavy atom. The number of carbonyl (C=O) groups is 1. The summed E-state index contributed by atoms with van der Waals surface area (Å²) in [5.41, 5.74) is 6.63. The van der Waals surface area contributed by atoms with Crippen LogP contribution in [-0.4, -0.2) is 30.3 Å². The van der Waals surface area contributed by atoms with Gasteiger partial charge in [0, 0.05) is 29.2 Å². The first-order valence-electron chi connectivity index (χ1n) is 10.0. The number of rotatable bonds is 8. The van der Waals surface area contributed by atoms with Crippen LogP contribution in [0.3, 0.4) is 0 Å². The van der Waals surface area contributed by atoms with Crippen LogP contribution in [0.2, 0.25) is 0 Å². The molecule has 0 bridgehead atoms. The lowest BCUT2D eigenvalue weighted by molar-refractivity contribution is -0.119. The molecule has 1 amide bonds. The molecule has 0 aliphatic heterocycles. The summed E-state index contributed by atoms with van der Waals surface area (Å²) < 4.78 is 7.47. The minimum Gasteiger partial charge on any atom is -0.495 e. The number of nitrogens with zero attached hydrogens (tertiary/aromatic N) is 2. The van der Waals surface area contributed by atoms with Gasteiger partial charge >= 0.3 is 0 Å². The van der Waals surface area contributed by atoms with E-state index in [1.165, 1.54) is 5.56 Å². The number of ether oxygens (including phenoxy) is 1. The molecule has 4 rings (SSSR count). The van der Waals surface area contributed by atoms with Gasteiger partial charge in [0.1, 0.15) is 5.75 Å². The fourth-order valence-corrected chi connectivity index (χ4v) is 3.47. The lowest BCUT2D eigenvalue weighted by Gasteiger charge is -2.09. The number of carbonyl (C=O) groups excluding carboxylic acids is 1. The van der Waals surface area contributed by atoms with Gasteiger partial charge in [0.05, 0.1) is 25.6 Å². The van der Waals surface area contributed by atoms with Crippen molar-refractivity contribution in [2.45, 2.75) is 6.54 Å². The van der Waals surface area contributed by atoms with Crippen molar-refractivity contribution in [2.24, 2.45) is 5.10 Å². The highest BCUT2D eigenvalue weighted by Crippen LogP contribution is 2.23. The molecule has 1 aromatic heterocycles. The number of para-hydroxylation sites is 3. The Labute approximate surface area is 181 Å². The Morgan fingerprint density at radius 3 is 2.58 bits per heavy atom. The highest BCUT2D eigenvalue weighted by Gasteiger charge is 2.08. The quantitative estimate of drug-likeness (QED) is 0.336. The second-order valence-electron chi connectivity index (χ2n) is 7.06. The van der Waals surface area contributed by atoms with Crippen LogP contribution in [-0.2, 0) is 11.3 Å². The van der Waals surface area contributed by atoms with Crippen LogP contribution < -0.4 is 15.5 Å². The van der Waals surface area contributed by atoms with Gasteiger partial charge in [-0.05, 0) is 23.8 Å². The summed E-state index contributed by atoms with van der Waals surface area (Å²) in [6.45, 7) is 0.859. The molecule has 3 aromatic carbocycles. The summed E-state index contributed by atoms with van der Waals surface area (Å²) in [6, 6.07) is 25.9. The number of anilines is 1. The van der Waals surface area contributed by atoms with Crippen LogP contribution in [0.4, 0.5) is 5.69 Å². The monoisotopic (exact) mass is 412 g/mol. The third kappa shape index (κ3) is 4.93. The van der Waals surface area contributed by atoms with Gasteiger partial charge in [-0.2, -0.15) is 5.10 Å². The smallest absolute Gasteiger partial charge is 0.259 e. The van der Waals surface area contributed by atoms with E-state index in [0.717, 1.165) is 28.7 Å². The average molecular weight is 412 g/mol. The van der Waals surface area contributed by atoms with Gasteiger partial charge in [0.15, 0.2) is 0 Å². The molecule has 6 nitrogen and oxygen atoms in total. The van der Waals surface area contributed by atoms with Crippen molar-refractivity contribution in [3.05, 3.63) is 96.2 Å². The lowest BCUT2D eigenvalue weighted by Crippen LogP contribution is -2.26. The molecule has 0 saturated heterocycles. The molecule has 4 aromatic rings. The number of hydrazone groups is 1. The molecule has 6 heteroatoms. The van der Waals surface area contributed by atoms with Crippen LogP contribution >= 0.6 is 0 Å². The highest BCUT2D eigenvalue weighted by atomic mass is 16.5. The number of hydrogen-bond donors (Lipinski definition) is 2. The Balaban J connectivity index is 1.43. The molecular formula is C25H24N4O2. The fourth-order valence-electron chi connectivity index (χ4n) is 3.47. The van der Waals surface area contributed by atoms with Crippen molar-refractivity contribution in [1.82, 2.24) is 9.99 Å². The second-order valence-corrected chi connectivity index (χ2v) is 7.06. The molecular weight excluding hydrogens is 388 g/mol. The molecule has 0 radical (unpaired) electrons. The van der Waals surface area contributed by atoms with Crippen molar-refractivity contribution in [3.8, 4) is 5.75 Å². The van der Waals surface area contributed by atoms with E-state index in [1.807, 2.05) is 54.6 Å². The van der Waals surface area contributed by atoms with Gasteiger partial charge in [-0.15, -0.1) is 0 Å². The number of amides is 1. The summed E-state index contributed by atoms with van der Waals surface area (Å²) >= 11 is 0. The summed E-state index contributed by atoms with van der Waals surface area (Å²) in [5.74, 6) is 0.445. The molecule has 2 N–H and O–H groups in total. The van der Waals surface area contributed by atoms with E-state index in [9.17, 15) is 4.79 Å². The maximum Gasteiger partial charge on any atom is 0.259 e. The normalized spacial score (nSPS) is 11.0. The van der Waals surface area contributed by atoms with Crippen molar-refractivity contribution in [1.29, 1.82) is 0 Å². The first-order chi connectivity index (χ1) is 15.2. The van der Waals surface area contributed by atoms with E-state index < -0.39 is 0 Å². The number of aromatic nitrogens is 1. The van der Waals surface area contributed by atoms with Crippen LogP contribution in [0.25, 0.3) is 10.9 Å². The summed E-state index contributed by atoms with van der Waals surface area (Å²) in [7, 11) is 1.60. The lowest BCUT2D eigenvalue weighted by atomic mass is 10.2. The average Bonchev–Trinajstić information content (AvgIpc) is 3.16. The van der Waals surface area contributed by atoms with Crippen LogP contribution in [0, 0.1) is 0 Å². The molecule has 0 spiro atoms. The molecule has 0 fully saturated rings. The topological polar surface area (TPSA) is 67.7 Å². The number of fused-ring (bicyclic) bond motifs is 1. The van der Waals surface area contributed by atoms with Crippen LogP contribution in [0.5, 0.6) is 5.75 Å². The molecule has 1 heterocycles. The molecule has 156 valence electrons. The largest absolute Gasteiger partial charge is 0.495 e. The molecule has 0 aliphatic carbocycles. The zero-order valence-electron chi connectivity index (χ0n) is 17.3. The molecule has 0 aliphatic rings. The zero-order valence-corrected chi connectivity index (χ0v) is 17.3. The maximum absolute atomic E-state index is 12.2. The predicted octanol–water partition coefficient (Wildman–Crippen LogP) is 4.26. The molecule has 0 saturated carbocycles. The third-order valence-electron chi connectivity index (χ3n) is 4.95. The van der Waals surface area contributed by atoms with Gasteiger partial charge in [-0.1, -0.05) is 60.7 Å². The zero-order chi connectivity index (χ0) is 21.5. The SMILES string of the molecule is COc1ccccc1NCC(=O)N/N=C/c1cn(Cc2ccccc2)c2ccccc12. The van der Waals surface area contributed by atoms with E-state index >= 15 is 0 Å². The van der Waals surface area contributed by atoms with Gasteiger partial charge < -0.3 is 14.6 Å². The van der Waals surface area contributed by atoms with Crippen LogP contribution in [0.15, 0.2) is 90.2 Å². The third-order valence-corrected chi connectivity index (χ3v) is 4.95. The van der Waals surface area contributed by atoms with Crippen molar-refractivity contribution < 1.29 is 9.53 Å². The van der Waals surface area contributed by atoms with Gasteiger partial charge in [-0.25, -0.2) is 5.43 Å². The summed E-state index contributed by atoms with van der Waals surface area (Å²) in [6.07, 6.45) is 3.74. The van der Waals surface area contributed by atoms with E-state index in [4.69, 9.17) is 4.74 Å². The highest BCUT2D eigenvalue weighted by molar-refractivity contribution is 5.99. The molecule has 31 heavy (non-hydrogen) atoms. The van der Waals surface area contributed by atoms with Gasteiger partial charge in [0.2, 0.25) is 0 Å². The first-order valence-corrected chi connectivity index (χ1v) is 10.0. The van der Waals surface area contributed by atoms with Crippen molar-refractivity contribution in [2.75, 3.05) is 19.0 Å². The van der Waals surface area contributed by atoms with E-state index in [-0.39, 0.29) is 12.5 Å². The fraction of sp³-hybridized carbons (Fsp3) is 0.120.